The molecule has 0 aromatic heterocycles. The van der Waals surface area contributed by atoms with E-state index in [-0.39, 0.29) is 0 Å². The summed E-state index contributed by atoms with van der Waals surface area (Å²) in [5.74, 6) is 0. The molecule has 0 unspecified atom stereocenters. The zero-order valence-corrected chi connectivity index (χ0v) is 38.9. The van der Waals surface area contributed by atoms with E-state index in [1.165, 1.54) is 107 Å². The van der Waals surface area contributed by atoms with Crippen LogP contribution in [0.4, 0.5) is 0 Å². The normalized spacial score (nSPS) is 22.1. The Balaban J connectivity index is 1.67. The third-order valence-electron chi connectivity index (χ3n) is 8.12. The SMILES string of the molecule is CC1=C(C)SC(=CC(=C2SC(C)=C(C)S2)C(=C2SC(C)=C(C)S2)C(=C2SC(C)=C(C)S2)C(C=C2SC(C)=C(C)S2)=C2SC(C)=C(C)S2)S1. The molecular formula is C36H38S12. The third kappa shape index (κ3) is 8.40. The monoisotopic (exact) mass is 854 g/mol. The van der Waals surface area contributed by atoms with E-state index < -0.39 is 0 Å². The van der Waals surface area contributed by atoms with E-state index in [1.807, 2.05) is 141 Å². The van der Waals surface area contributed by atoms with Crippen LogP contribution < -0.4 is 0 Å². The van der Waals surface area contributed by atoms with E-state index >= 15 is 0 Å². The minimum atomic E-state index is 1.37. The fraction of sp³-hybridized carbons (Fsp3) is 0.333. The molecule has 0 spiro atoms. The zero-order valence-electron chi connectivity index (χ0n) is 29.1. The molecule has 0 fully saturated rings. The van der Waals surface area contributed by atoms with Crippen LogP contribution in [-0.4, -0.2) is 0 Å². The molecule has 254 valence electrons. The molecule has 6 heterocycles. The first-order valence-corrected chi connectivity index (χ1v) is 25.1. The van der Waals surface area contributed by atoms with Gasteiger partial charge in [-0.1, -0.05) is 141 Å². The molecule has 0 radical (unpaired) electrons. The molecule has 6 rings (SSSR count). The van der Waals surface area contributed by atoms with Crippen LogP contribution in [0.1, 0.15) is 83.1 Å². The van der Waals surface area contributed by atoms with Crippen LogP contribution >= 0.6 is 141 Å². The first kappa shape index (κ1) is 38.8. The second-order valence-electron chi connectivity index (χ2n) is 11.6. The predicted octanol–water partition coefficient (Wildman–Crippen LogP) is 17.9. The molecular weight excluding hydrogens is 817 g/mol. The molecule has 6 aliphatic rings. The Kier molecular flexibility index (Phi) is 13.1. The summed E-state index contributed by atoms with van der Waals surface area (Å²) >= 11 is 23.5. The maximum Gasteiger partial charge on any atom is 0.0578 e. The second kappa shape index (κ2) is 16.2. The van der Waals surface area contributed by atoms with Crippen LogP contribution in [0.5, 0.6) is 0 Å². The van der Waals surface area contributed by atoms with Gasteiger partial charge in [0.05, 0.1) is 16.9 Å². The highest BCUT2D eigenvalue weighted by Crippen LogP contribution is 2.63. The number of thioether (sulfide) groups is 12. The lowest BCUT2D eigenvalue weighted by Crippen LogP contribution is -2.03. The molecule has 0 atom stereocenters. The molecule has 48 heavy (non-hydrogen) atoms. The maximum atomic E-state index is 2.54. The summed E-state index contributed by atoms with van der Waals surface area (Å²) in [4.78, 5) is 16.9. The van der Waals surface area contributed by atoms with Gasteiger partial charge in [0.1, 0.15) is 0 Å². The number of allylic oxidation sites excluding steroid dienone is 18. The summed E-state index contributed by atoms with van der Waals surface area (Å²) in [6.45, 7) is 27.4. The minimum Gasteiger partial charge on any atom is -0.0866 e. The number of hydrogen-bond acceptors (Lipinski definition) is 12. The molecule has 0 nitrogen and oxygen atoms in total. The first-order valence-electron chi connectivity index (χ1n) is 15.3. The van der Waals surface area contributed by atoms with Crippen molar-refractivity contribution in [2.75, 3.05) is 0 Å². The Labute approximate surface area is 339 Å². The van der Waals surface area contributed by atoms with Gasteiger partial charge >= 0.3 is 0 Å². The molecule has 12 heteroatoms. The van der Waals surface area contributed by atoms with Gasteiger partial charge in [-0.2, -0.15) is 0 Å². The Bertz CT molecular complexity index is 1670. The van der Waals surface area contributed by atoms with Crippen molar-refractivity contribution < 1.29 is 0 Å². The van der Waals surface area contributed by atoms with Crippen molar-refractivity contribution in [3.63, 3.8) is 0 Å². The second-order valence-corrected chi connectivity index (χ2v) is 27.9. The van der Waals surface area contributed by atoms with Gasteiger partial charge < -0.3 is 0 Å². The Morgan fingerprint density at radius 1 is 0.271 bits per heavy atom. The van der Waals surface area contributed by atoms with Crippen LogP contribution in [0.15, 0.2) is 119 Å². The lowest BCUT2D eigenvalue weighted by atomic mass is 9.96. The predicted molar refractivity (Wildman–Crippen MR) is 246 cm³/mol. The zero-order chi connectivity index (χ0) is 34.6. The average molecular weight is 856 g/mol. The molecule has 0 N–H and O–H groups in total. The van der Waals surface area contributed by atoms with Crippen molar-refractivity contribution in [2.45, 2.75) is 83.1 Å². The number of hydrogen-bond donors (Lipinski definition) is 0. The van der Waals surface area contributed by atoms with Gasteiger partial charge in [0.15, 0.2) is 0 Å². The third-order valence-corrected chi connectivity index (χ3v) is 23.7. The van der Waals surface area contributed by atoms with Gasteiger partial charge in [-0.3, -0.25) is 0 Å². The van der Waals surface area contributed by atoms with Gasteiger partial charge in [0.2, 0.25) is 0 Å². The van der Waals surface area contributed by atoms with Crippen LogP contribution in [0.25, 0.3) is 0 Å². The molecule has 0 amide bonds. The van der Waals surface area contributed by atoms with E-state index in [0.29, 0.717) is 0 Å². The average Bonchev–Trinajstić information content (AvgIpc) is 3.85. The van der Waals surface area contributed by atoms with Gasteiger partial charge in [-0.25, -0.2) is 0 Å². The Morgan fingerprint density at radius 3 is 0.688 bits per heavy atom. The Hall–Kier alpha value is 1.08. The van der Waals surface area contributed by atoms with Crippen molar-refractivity contribution in [2.24, 2.45) is 0 Å². The summed E-state index contributed by atoms with van der Waals surface area (Å²) in [6, 6.07) is 0. The van der Waals surface area contributed by atoms with Crippen molar-refractivity contribution in [1.29, 1.82) is 0 Å². The standard InChI is InChI=1S/C36H38S12/c1-15-16(2)38-29(37-15)13-27(33-41-19(5)20(6)42-33)31(35-45-23(9)24(10)46-35)32(36-47-25(11)26(12)48-36)28(34-43-21(7)22(8)44-34)14-30-39-17(3)18(4)40-30/h13-14H,1-12H3. The lowest BCUT2D eigenvalue weighted by molar-refractivity contribution is 1.42. The fourth-order valence-electron chi connectivity index (χ4n) is 4.64. The van der Waals surface area contributed by atoms with Gasteiger partial charge in [-0.05, 0) is 154 Å². The smallest absolute Gasteiger partial charge is 0.0578 e. The van der Waals surface area contributed by atoms with Crippen molar-refractivity contribution in [1.82, 2.24) is 0 Å². The summed E-state index contributed by atoms with van der Waals surface area (Å²) < 4.78 is 8.33. The Morgan fingerprint density at radius 2 is 0.458 bits per heavy atom. The summed E-state index contributed by atoms with van der Waals surface area (Å²) in [5.41, 5.74) is 5.52. The highest BCUT2D eigenvalue weighted by atomic mass is 32.2. The highest BCUT2D eigenvalue weighted by molar-refractivity contribution is 8.31. The van der Waals surface area contributed by atoms with Crippen molar-refractivity contribution >= 4 is 141 Å². The van der Waals surface area contributed by atoms with Crippen molar-refractivity contribution in [3.05, 3.63) is 119 Å². The highest BCUT2D eigenvalue weighted by Gasteiger charge is 2.35. The number of rotatable bonds is 5. The quantitative estimate of drug-likeness (QED) is 0.259. The van der Waals surface area contributed by atoms with Gasteiger partial charge in [0, 0.05) is 30.8 Å². The molecule has 0 bridgehead atoms. The van der Waals surface area contributed by atoms with E-state index in [1.54, 1.807) is 0 Å². The molecule has 0 aromatic rings. The van der Waals surface area contributed by atoms with Gasteiger partial charge in [-0.15, -0.1) is 0 Å². The lowest BCUT2D eigenvalue weighted by Gasteiger charge is -2.23. The van der Waals surface area contributed by atoms with Crippen LogP contribution in [0.3, 0.4) is 0 Å². The molecule has 6 aliphatic heterocycles. The van der Waals surface area contributed by atoms with Crippen LogP contribution in [0.2, 0.25) is 0 Å². The topological polar surface area (TPSA) is 0 Å². The maximum absolute atomic E-state index is 2.54. The summed E-state index contributed by atoms with van der Waals surface area (Å²) in [6.07, 6.45) is 5.07. The van der Waals surface area contributed by atoms with Crippen molar-refractivity contribution in [3.8, 4) is 0 Å². The van der Waals surface area contributed by atoms with Gasteiger partial charge in [0.25, 0.3) is 0 Å². The fourth-order valence-corrected chi connectivity index (χ4v) is 19.8. The molecule has 0 saturated carbocycles. The van der Waals surface area contributed by atoms with Crippen LogP contribution in [0, 0.1) is 0 Å². The summed E-state index contributed by atoms with van der Waals surface area (Å²) in [7, 11) is 0. The van der Waals surface area contributed by atoms with E-state index in [4.69, 9.17) is 0 Å². The van der Waals surface area contributed by atoms with Crippen LogP contribution in [-0.2, 0) is 0 Å². The van der Waals surface area contributed by atoms with E-state index in [0.717, 1.165) is 0 Å². The molecule has 0 aromatic carbocycles. The first-order chi connectivity index (χ1) is 22.7. The molecule has 0 saturated heterocycles. The largest absolute Gasteiger partial charge is 0.0866 e. The summed E-state index contributed by atoms with van der Waals surface area (Å²) in [5, 5.41) is 0. The van der Waals surface area contributed by atoms with E-state index in [2.05, 4.69) is 95.2 Å². The minimum absolute atomic E-state index is 1.37. The van der Waals surface area contributed by atoms with E-state index in [9.17, 15) is 0 Å². The molecule has 0 aliphatic carbocycles.